The zero-order chi connectivity index (χ0) is 15.2. The third-order valence-electron chi connectivity index (χ3n) is 3.52. The second-order valence-corrected chi connectivity index (χ2v) is 5.01. The van der Waals surface area contributed by atoms with Crippen molar-refractivity contribution in [2.24, 2.45) is 0 Å². The monoisotopic (exact) mass is 293 g/mol. The smallest absolute Gasteiger partial charge is 0.317 e. The molecule has 0 saturated carbocycles. The number of nitrogens with zero attached hydrogens (tertiary/aromatic N) is 2. The molecule has 1 N–H and O–H groups in total. The average molecular weight is 293 g/mol. The van der Waals surface area contributed by atoms with Crippen LogP contribution in [-0.4, -0.2) is 54.5 Å². The molecule has 1 aromatic rings. The number of halogens is 1. The summed E-state index contributed by atoms with van der Waals surface area (Å²) in [6, 6.07) is 5.88. The SMILES string of the molecule is CCNC(=O)N1CCN(C(=O)Cc2ccc(F)cc2)CC1. The summed E-state index contributed by atoms with van der Waals surface area (Å²) in [4.78, 5) is 27.3. The lowest BCUT2D eigenvalue weighted by molar-refractivity contribution is -0.131. The third kappa shape index (κ3) is 4.18. The van der Waals surface area contributed by atoms with Gasteiger partial charge in [-0.1, -0.05) is 12.1 Å². The van der Waals surface area contributed by atoms with E-state index in [4.69, 9.17) is 0 Å². The molecule has 0 aromatic heterocycles. The van der Waals surface area contributed by atoms with Crippen molar-refractivity contribution in [3.05, 3.63) is 35.6 Å². The Hall–Kier alpha value is -2.11. The van der Waals surface area contributed by atoms with Crippen molar-refractivity contribution in [1.82, 2.24) is 15.1 Å². The number of hydrogen-bond acceptors (Lipinski definition) is 2. The van der Waals surface area contributed by atoms with Gasteiger partial charge in [0.1, 0.15) is 5.82 Å². The van der Waals surface area contributed by atoms with Crippen LogP contribution in [0.3, 0.4) is 0 Å². The van der Waals surface area contributed by atoms with E-state index < -0.39 is 0 Å². The Morgan fingerprint density at radius 2 is 1.67 bits per heavy atom. The van der Waals surface area contributed by atoms with Crippen LogP contribution in [0.5, 0.6) is 0 Å². The molecule has 1 aliphatic rings. The van der Waals surface area contributed by atoms with Crippen LogP contribution in [0.25, 0.3) is 0 Å². The molecule has 2 rings (SSSR count). The third-order valence-corrected chi connectivity index (χ3v) is 3.52. The van der Waals surface area contributed by atoms with Crippen LogP contribution in [0.1, 0.15) is 12.5 Å². The van der Waals surface area contributed by atoms with Gasteiger partial charge in [-0.3, -0.25) is 4.79 Å². The van der Waals surface area contributed by atoms with Crippen LogP contribution in [0.15, 0.2) is 24.3 Å². The highest BCUT2D eigenvalue weighted by Gasteiger charge is 2.23. The van der Waals surface area contributed by atoms with E-state index in [0.29, 0.717) is 32.7 Å². The summed E-state index contributed by atoms with van der Waals surface area (Å²) in [5.74, 6) is -0.293. The minimum Gasteiger partial charge on any atom is -0.339 e. The Kier molecular flexibility index (Phi) is 5.14. The number of hydrogen-bond donors (Lipinski definition) is 1. The maximum atomic E-state index is 12.8. The molecular formula is C15H20FN3O2. The summed E-state index contributed by atoms with van der Waals surface area (Å²) < 4.78 is 12.8. The molecule has 1 heterocycles. The van der Waals surface area contributed by atoms with Crippen molar-refractivity contribution in [2.75, 3.05) is 32.7 Å². The Morgan fingerprint density at radius 1 is 1.10 bits per heavy atom. The minimum absolute atomic E-state index is 0.0113. The first-order valence-corrected chi connectivity index (χ1v) is 7.15. The lowest BCUT2D eigenvalue weighted by Gasteiger charge is -2.34. The molecule has 114 valence electrons. The molecule has 0 aliphatic carbocycles. The zero-order valence-electron chi connectivity index (χ0n) is 12.1. The molecule has 3 amide bonds. The van der Waals surface area contributed by atoms with Gasteiger partial charge in [-0.15, -0.1) is 0 Å². The molecule has 0 unspecified atom stereocenters. The first-order chi connectivity index (χ1) is 10.1. The number of rotatable bonds is 3. The first-order valence-electron chi connectivity index (χ1n) is 7.15. The number of urea groups is 1. The Morgan fingerprint density at radius 3 is 2.24 bits per heavy atom. The van der Waals surface area contributed by atoms with Crippen LogP contribution in [-0.2, 0) is 11.2 Å². The van der Waals surface area contributed by atoms with E-state index in [9.17, 15) is 14.0 Å². The number of benzene rings is 1. The van der Waals surface area contributed by atoms with Gasteiger partial charge < -0.3 is 15.1 Å². The molecule has 0 atom stereocenters. The van der Waals surface area contributed by atoms with Gasteiger partial charge in [0.15, 0.2) is 0 Å². The van der Waals surface area contributed by atoms with Crippen molar-refractivity contribution in [3.63, 3.8) is 0 Å². The fourth-order valence-corrected chi connectivity index (χ4v) is 2.31. The molecule has 1 aromatic carbocycles. The highest BCUT2D eigenvalue weighted by Crippen LogP contribution is 2.08. The second-order valence-electron chi connectivity index (χ2n) is 5.01. The highest BCUT2D eigenvalue weighted by atomic mass is 19.1. The molecular weight excluding hydrogens is 273 g/mol. The number of amides is 3. The zero-order valence-corrected chi connectivity index (χ0v) is 12.1. The predicted octanol–water partition coefficient (Wildman–Crippen LogP) is 1.24. The Bertz CT molecular complexity index is 496. The minimum atomic E-state index is -0.304. The molecule has 1 aliphatic heterocycles. The van der Waals surface area contributed by atoms with E-state index in [1.54, 1.807) is 21.9 Å². The summed E-state index contributed by atoms with van der Waals surface area (Å²) in [5.41, 5.74) is 0.799. The van der Waals surface area contributed by atoms with Gasteiger partial charge in [-0.25, -0.2) is 9.18 Å². The molecule has 1 saturated heterocycles. The summed E-state index contributed by atoms with van der Waals surface area (Å²) in [6.07, 6.45) is 0.265. The van der Waals surface area contributed by atoms with Gasteiger partial charge in [-0.05, 0) is 24.6 Å². The van der Waals surface area contributed by atoms with E-state index in [0.717, 1.165) is 5.56 Å². The lowest BCUT2D eigenvalue weighted by atomic mass is 10.1. The van der Waals surface area contributed by atoms with Crippen molar-refractivity contribution >= 4 is 11.9 Å². The Labute approximate surface area is 123 Å². The van der Waals surface area contributed by atoms with Gasteiger partial charge in [-0.2, -0.15) is 0 Å². The van der Waals surface area contributed by atoms with Crippen LogP contribution in [0, 0.1) is 5.82 Å². The van der Waals surface area contributed by atoms with Crippen molar-refractivity contribution in [3.8, 4) is 0 Å². The van der Waals surface area contributed by atoms with Crippen LogP contribution >= 0.6 is 0 Å². The summed E-state index contributed by atoms with van der Waals surface area (Å²) >= 11 is 0. The summed E-state index contributed by atoms with van der Waals surface area (Å²) in [6.45, 7) is 4.64. The quantitative estimate of drug-likeness (QED) is 0.911. The standard InChI is InChI=1S/C15H20FN3O2/c1-2-17-15(21)19-9-7-18(8-10-19)14(20)11-12-3-5-13(16)6-4-12/h3-6H,2,7-11H2,1H3,(H,17,21). The van der Waals surface area contributed by atoms with Crippen LogP contribution in [0.2, 0.25) is 0 Å². The predicted molar refractivity (Wildman–Crippen MR) is 77.3 cm³/mol. The van der Waals surface area contributed by atoms with E-state index >= 15 is 0 Å². The van der Waals surface area contributed by atoms with Crippen molar-refractivity contribution in [1.29, 1.82) is 0 Å². The number of piperazine rings is 1. The van der Waals surface area contributed by atoms with Gasteiger partial charge in [0.25, 0.3) is 0 Å². The molecule has 21 heavy (non-hydrogen) atoms. The summed E-state index contributed by atoms with van der Waals surface area (Å²) in [7, 11) is 0. The largest absolute Gasteiger partial charge is 0.339 e. The van der Waals surface area contributed by atoms with E-state index in [-0.39, 0.29) is 24.2 Å². The van der Waals surface area contributed by atoms with Gasteiger partial charge in [0, 0.05) is 32.7 Å². The molecule has 1 fully saturated rings. The van der Waals surface area contributed by atoms with E-state index in [2.05, 4.69) is 5.32 Å². The highest BCUT2D eigenvalue weighted by molar-refractivity contribution is 5.79. The van der Waals surface area contributed by atoms with Crippen molar-refractivity contribution < 1.29 is 14.0 Å². The van der Waals surface area contributed by atoms with Crippen molar-refractivity contribution in [2.45, 2.75) is 13.3 Å². The molecule has 5 nitrogen and oxygen atoms in total. The number of nitrogens with one attached hydrogen (secondary N) is 1. The maximum absolute atomic E-state index is 12.8. The molecule has 6 heteroatoms. The fourth-order valence-electron chi connectivity index (χ4n) is 2.31. The topological polar surface area (TPSA) is 52.7 Å². The fraction of sp³-hybridized carbons (Fsp3) is 0.467. The molecule has 0 bridgehead atoms. The maximum Gasteiger partial charge on any atom is 0.317 e. The van der Waals surface area contributed by atoms with Gasteiger partial charge >= 0.3 is 6.03 Å². The number of carbonyl (C=O) groups excluding carboxylic acids is 2. The molecule has 0 spiro atoms. The summed E-state index contributed by atoms with van der Waals surface area (Å²) in [5, 5.41) is 2.75. The number of carbonyl (C=O) groups is 2. The first kappa shape index (κ1) is 15.3. The van der Waals surface area contributed by atoms with E-state index in [1.807, 2.05) is 6.92 Å². The molecule has 0 radical (unpaired) electrons. The van der Waals surface area contributed by atoms with Gasteiger partial charge in [0.05, 0.1) is 6.42 Å². The van der Waals surface area contributed by atoms with Crippen LogP contribution in [0.4, 0.5) is 9.18 Å². The van der Waals surface area contributed by atoms with Crippen LogP contribution < -0.4 is 5.32 Å². The second kappa shape index (κ2) is 7.06. The lowest BCUT2D eigenvalue weighted by Crippen LogP contribution is -2.53. The van der Waals surface area contributed by atoms with E-state index in [1.165, 1.54) is 12.1 Å². The Balaban J connectivity index is 1.83. The average Bonchev–Trinajstić information content (AvgIpc) is 2.50. The van der Waals surface area contributed by atoms with Gasteiger partial charge in [0.2, 0.25) is 5.91 Å². The normalized spacial score (nSPS) is 15.0.